The van der Waals surface area contributed by atoms with E-state index >= 15 is 0 Å². The molecule has 0 bridgehead atoms. The Hall–Kier alpha value is -2.69. The molecule has 0 saturated carbocycles. The molecule has 0 aliphatic carbocycles. The summed E-state index contributed by atoms with van der Waals surface area (Å²) in [5.74, 6) is 0. The van der Waals surface area contributed by atoms with Crippen molar-refractivity contribution in [2.24, 2.45) is 0 Å². The lowest BCUT2D eigenvalue weighted by Crippen LogP contribution is -2.37. The molecule has 6 rings (SSSR count). The molecule has 37 heavy (non-hydrogen) atoms. The molecule has 6 heterocycles. The first kappa shape index (κ1) is 25.9. The summed E-state index contributed by atoms with van der Waals surface area (Å²) in [5, 5.41) is 5.44. The maximum Gasteiger partial charge on any atom is 0.129 e. The predicted molar refractivity (Wildman–Crippen MR) is 150 cm³/mol. The number of nitrogens with zero attached hydrogens (tertiary/aromatic N) is 7. The van der Waals surface area contributed by atoms with Gasteiger partial charge in [-0.2, -0.15) is 5.10 Å². The normalized spacial score (nSPS) is 14.0. The molecule has 0 N–H and O–H groups in total. The summed E-state index contributed by atoms with van der Waals surface area (Å²) in [6, 6.07) is 11.1. The molecule has 1 aliphatic heterocycles. The van der Waals surface area contributed by atoms with Crippen molar-refractivity contribution in [2.75, 3.05) is 32.8 Å². The molecule has 8 nitrogen and oxygen atoms in total. The van der Waals surface area contributed by atoms with Crippen LogP contribution >= 0.6 is 39.1 Å². The second-order valence-electron chi connectivity index (χ2n) is 8.52. The van der Waals surface area contributed by atoms with Gasteiger partial charge in [0.1, 0.15) is 10.3 Å². The number of hydrogen-bond acceptors (Lipinski definition) is 7. The van der Waals surface area contributed by atoms with E-state index in [0.717, 1.165) is 83.5 Å². The molecule has 5 aromatic rings. The predicted octanol–water partition coefficient (Wildman–Crippen LogP) is 5.91. The van der Waals surface area contributed by atoms with Crippen molar-refractivity contribution in [1.82, 2.24) is 34.6 Å². The van der Waals surface area contributed by atoms with Gasteiger partial charge in [-0.15, -0.1) is 0 Å². The Labute approximate surface area is 232 Å². The third kappa shape index (κ3) is 7.00. The van der Waals surface area contributed by atoms with Crippen molar-refractivity contribution in [1.29, 1.82) is 0 Å². The molecule has 0 amide bonds. The summed E-state index contributed by atoms with van der Waals surface area (Å²) in [4.78, 5) is 19.5. The van der Waals surface area contributed by atoms with Crippen LogP contribution in [-0.2, 0) is 11.3 Å². The van der Waals surface area contributed by atoms with Gasteiger partial charge in [0.25, 0.3) is 0 Å². The van der Waals surface area contributed by atoms with Crippen molar-refractivity contribution in [3.05, 3.63) is 76.0 Å². The zero-order valence-corrected chi connectivity index (χ0v) is 23.0. The van der Waals surface area contributed by atoms with E-state index in [9.17, 15) is 0 Å². The van der Waals surface area contributed by atoms with Gasteiger partial charge in [0.05, 0.1) is 41.5 Å². The molecule has 190 valence electrons. The number of ether oxygens (including phenoxy) is 1. The monoisotopic (exact) mass is 599 g/mol. The molecular weight excluding hydrogens is 577 g/mol. The first-order valence-electron chi connectivity index (χ1n) is 11.9. The average Bonchev–Trinajstić information content (AvgIpc) is 3.38. The van der Waals surface area contributed by atoms with E-state index < -0.39 is 0 Å². The van der Waals surface area contributed by atoms with Crippen molar-refractivity contribution in [3.8, 4) is 11.1 Å². The number of aromatic nitrogens is 6. The fourth-order valence-electron chi connectivity index (χ4n) is 4.01. The summed E-state index contributed by atoms with van der Waals surface area (Å²) >= 11 is 15.0. The fraction of sp³-hybridized carbons (Fsp3) is 0.269. The van der Waals surface area contributed by atoms with E-state index in [4.69, 9.17) is 27.9 Å². The Morgan fingerprint density at radius 1 is 0.784 bits per heavy atom. The third-order valence-electron chi connectivity index (χ3n) is 5.91. The Balaban J connectivity index is 0.000000195. The maximum absolute atomic E-state index is 5.98. The van der Waals surface area contributed by atoms with Crippen LogP contribution in [0.1, 0.15) is 6.42 Å². The van der Waals surface area contributed by atoms with Crippen molar-refractivity contribution in [2.45, 2.75) is 13.0 Å². The Morgan fingerprint density at radius 3 is 2.19 bits per heavy atom. The molecule has 1 fully saturated rings. The van der Waals surface area contributed by atoms with E-state index in [-0.39, 0.29) is 0 Å². The van der Waals surface area contributed by atoms with E-state index in [1.165, 1.54) is 0 Å². The van der Waals surface area contributed by atoms with Gasteiger partial charge in [0.2, 0.25) is 0 Å². The molecule has 5 aromatic heterocycles. The van der Waals surface area contributed by atoms with Gasteiger partial charge in [0.15, 0.2) is 0 Å². The molecule has 0 unspecified atom stereocenters. The van der Waals surface area contributed by atoms with Crippen LogP contribution in [0.2, 0.25) is 10.3 Å². The van der Waals surface area contributed by atoms with E-state index in [1.54, 1.807) is 18.3 Å². The summed E-state index contributed by atoms with van der Waals surface area (Å²) in [6.07, 6.45) is 8.61. The van der Waals surface area contributed by atoms with Crippen molar-refractivity contribution in [3.63, 3.8) is 0 Å². The minimum absolute atomic E-state index is 0.477. The van der Waals surface area contributed by atoms with Gasteiger partial charge in [-0.1, -0.05) is 23.2 Å². The van der Waals surface area contributed by atoms with Crippen LogP contribution in [0, 0.1) is 0 Å². The van der Waals surface area contributed by atoms with Gasteiger partial charge >= 0.3 is 0 Å². The van der Waals surface area contributed by atoms with Gasteiger partial charge in [-0.3, -0.25) is 19.5 Å². The Bertz CT molecular complexity index is 1470. The van der Waals surface area contributed by atoms with Crippen LogP contribution in [0.4, 0.5) is 0 Å². The highest BCUT2D eigenvalue weighted by Crippen LogP contribution is 2.22. The summed E-state index contributed by atoms with van der Waals surface area (Å²) in [7, 11) is 0. The first-order chi connectivity index (χ1) is 18.0. The first-order valence-corrected chi connectivity index (χ1v) is 13.4. The fourth-order valence-corrected chi connectivity index (χ4v) is 4.64. The lowest BCUT2D eigenvalue weighted by atomic mass is 10.1. The zero-order chi connectivity index (χ0) is 25.6. The van der Waals surface area contributed by atoms with Crippen LogP contribution in [0.25, 0.3) is 33.2 Å². The van der Waals surface area contributed by atoms with E-state index in [0.29, 0.717) is 10.3 Å². The van der Waals surface area contributed by atoms with Crippen LogP contribution in [0.5, 0.6) is 0 Å². The van der Waals surface area contributed by atoms with Crippen LogP contribution in [-0.4, -0.2) is 67.5 Å². The van der Waals surface area contributed by atoms with Gasteiger partial charge < -0.3 is 4.74 Å². The topological polar surface area (TPSA) is 81.9 Å². The minimum Gasteiger partial charge on any atom is -0.379 e. The highest BCUT2D eigenvalue weighted by atomic mass is 79.9. The average molecular weight is 601 g/mol. The number of morpholine rings is 1. The molecular formula is C26H24BrCl2N7O. The molecule has 0 atom stereocenters. The van der Waals surface area contributed by atoms with Crippen LogP contribution in [0.15, 0.2) is 65.7 Å². The molecule has 1 aliphatic rings. The second-order valence-corrected chi connectivity index (χ2v) is 10.2. The summed E-state index contributed by atoms with van der Waals surface area (Å²) in [5.41, 5.74) is 5.33. The van der Waals surface area contributed by atoms with Gasteiger partial charge in [0, 0.05) is 60.4 Å². The lowest BCUT2D eigenvalue weighted by molar-refractivity contribution is 0.0368. The van der Waals surface area contributed by atoms with Crippen LogP contribution < -0.4 is 0 Å². The number of rotatable bonds is 5. The van der Waals surface area contributed by atoms with Crippen molar-refractivity contribution < 1.29 is 4.74 Å². The zero-order valence-electron chi connectivity index (χ0n) is 19.9. The van der Waals surface area contributed by atoms with Crippen molar-refractivity contribution >= 4 is 61.2 Å². The minimum atomic E-state index is 0.477. The molecule has 0 spiro atoms. The number of aryl methyl sites for hydroxylation is 1. The second kappa shape index (κ2) is 12.2. The van der Waals surface area contributed by atoms with E-state index in [1.807, 2.05) is 41.3 Å². The maximum atomic E-state index is 5.98. The number of pyridine rings is 4. The highest BCUT2D eigenvalue weighted by Gasteiger charge is 2.10. The largest absolute Gasteiger partial charge is 0.379 e. The van der Waals surface area contributed by atoms with Gasteiger partial charge in [-0.25, -0.2) is 9.97 Å². The quantitative estimate of drug-likeness (QED) is 0.232. The lowest BCUT2D eigenvalue weighted by Gasteiger charge is -2.26. The standard InChI is InChI=1S/C18H20ClN5O.C8H4BrClN2/c19-18-3-2-16-17(22-18)10-14(11-20-16)15-12-21-24(13-15)5-1-4-23-6-8-25-9-7-23;9-5-3-7-6(11-4-5)1-2-8(10)12-7/h2-3,10-13H,1,4-9H2;1-4H. The number of fused-ring (bicyclic) bond motifs is 2. The summed E-state index contributed by atoms with van der Waals surface area (Å²) in [6.45, 7) is 5.74. The van der Waals surface area contributed by atoms with E-state index in [2.05, 4.69) is 52.1 Å². The smallest absolute Gasteiger partial charge is 0.129 e. The molecule has 1 saturated heterocycles. The Kier molecular flexibility index (Phi) is 8.58. The van der Waals surface area contributed by atoms with Gasteiger partial charge in [-0.05, 0) is 58.7 Å². The SMILES string of the molecule is Clc1ccc2ncc(-c3cnn(CCCN4CCOCC4)c3)cc2n1.Clc1ccc2ncc(Br)cc2n1. The Morgan fingerprint density at radius 2 is 1.46 bits per heavy atom. The molecule has 11 heteroatoms. The molecule has 0 radical (unpaired) electrons. The molecule has 0 aromatic carbocycles. The highest BCUT2D eigenvalue weighted by molar-refractivity contribution is 9.10. The third-order valence-corrected chi connectivity index (χ3v) is 6.76. The van der Waals surface area contributed by atoms with Crippen LogP contribution in [0.3, 0.4) is 0 Å². The summed E-state index contributed by atoms with van der Waals surface area (Å²) < 4.78 is 8.27. The number of hydrogen-bond donors (Lipinski definition) is 0. The number of halogens is 3.